The second kappa shape index (κ2) is 7.46. The summed E-state index contributed by atoms with van der Waals surface area (Å²) in [4.78, 5) is 2.66. The highest BCUT2D eigenvalue weighted by atomic mass is 16.5. The molecule has 1 aliphatic rings. The first-order valence-electron chi connectivity index (χ1n) is 7.64. The van der Waals surface area contributed by atoms with Crippen LogP contribution in [-0.4, -0.2) is 48.8 Å². The third-order valence-corrected chi connectivity index (χ3v) is 4.34. The van der Waals surface area contributed by atoms with Crippen LogP contribution < -0.4 is 5.32 Å². The highest BCUT2D eigenvalue weighted by Gasteiger charge is 2.39. The molecule has 0 amide bonds. The maximum Gasteiger partial charge on any atom is 0.0641 e. The van der Waals surface area contributed by atoms with Crippen LogP contribution in [0.5, 0.6) is 0 Å². The van der Waals surface area contributed by atoms with Crippen molar-refractivity contribution in [2.24, 2.45) is 0 Å². The summed E-state index contributed by atoms with van der Waals surface area (Å²) >= 11 is 0. The lowest BCUT2D eigenvalue weighted by atomic mass is 9.87. The van der Waals surface area contributed by atoms with E-state index in [9.17, 15) is 0 Å². The molecule has 1 saturated heterocycles. The molecule has 0 spiro atoms. The molecule has 1 N–H and O–H groups in total. The first-order valence-corrected chi connectivity index (χ1v) is 7.64. The van der Waals surface area contributed by atoms with Crippen molar-refractivity contribution in [1.82, 2.24) is 10.2 Å². The molecule has 0 radical (unpaired) electrons. The Morgan fingerprint density at radius 2 is 1.83 bits per heavy atom. The Balaban J connectivity index is 2.70. The van der Waals surface area contributed by atoms with Crippen LogP contribution in [0, 0.1) is 0 Å². The van der Waals surface area contributed by atoms with Gasteiger partial charge in [-0.1, -0.05) is 13.8 Å². The Kier molecular flexibility index (Phi) is 6.61. The molecule has 0 aromatic rings. The van der Waals surface area contributed by atoms with E-state index in [1.54, 1.807) is 0 Å². The molecule has 1 heterocycles. The molecule has 108 valence electrons. The topological polar surface area (TPSA) is 24.5 Å². The Bertz CT molecular complexity index is 227. The minimum atomic E-state index is 0.224. The maximum atomic E-state index is 5.87. The van der Waals surface area contributed by atoms with Crippen LogP contribution >= 0.6 is 0 Å². The van der Waals surface area contributed by atoms with Crippen molar-refractivity contribution in [2.45, 2.75) is 71.6 Å². The van der Waals surface area contributed by atoms with E-state index < -0.39 is 0 Å². The number of hydrogen-bond acceptors (Lipinski definition) is 3. The van der Waals surface area contributed by atoms with Gasteiger partial charge in [-0.05, 0) is 59.7 Å². The monoisotopic (exact) mass is 256 g/mol. The number of likely N-dealkylation sites (N-methyl/N-ethyl adjacent to an activating group) is 1. The van der Waals surface area contributed by atoms with Gasteiger partial charge in [-0.2, -0.15) is 0 Å². The van der Waals surface area contributed by atoms with Crippen molar-refractivity contribution in [1.29, 1.82) is 0 Å². The zero-order chi connectivity index (χ0) is 13.6. The second-order valence-electron chi connectivity index (χ2n) is 5.90. The number of nitrogens with one attached hydrogen (secondary N) is 1. The molecule has 1 rings (SSSR count). The Morgan fingerprint density at radius 3 is 2.28 bits per heavy atom. The maximum absolute atomic E-state index is 5.87. The molecule has 0 aromatic carbocycles. The summed E-state index contributed by atoms with van der Waals surface area (Å²) in [7, 11) is 0. The van der Waals surface area contributed by atoms with Crippen molar-refractivity contribution < 1.29 is 4.74 Å². The van der Waals surface area contributed by atoms with E-state index >= 15 is 0 Å². The summed E-state index contributed by atoms with van der Waals surface area (Å²) in [6.07, 6.45) is 4.18. The van der Waals surface area contributed by atoms with Gasteiger partial charge in [-0.25, -0.2) is 0 Å². The smallest absolute Gasteiger partial charge is 0.0641 e. The van der Waals surface area contributed by atoms with E-state index in [-0.39, 0.29) is 5.54 Å². The fraction of sp³-hybridized carbons (Fsp3) is 1.00. The molecule has 1 aliphatic heterocycles. The quantitative estimate of drug-likeness (QED) is 0.722. The standard InChI is InChI=1S/C15H32N2O/c1-6-15(5,17-10-8-9-11-17)14(16-7-2)12-18-13(3)4/h13-14,16H,6-12H2,1-5H3. The van der Waals surface area contributed by atoms with Crippen LogP contribution in [0.25, 0.3) is 0 Å². The third kappa shape index (κ3) is 3.94. The Hall–Kier alpha value is -0.120. The number of nitrogens with zero attached hydrogens (tertiary/aromatic N) is 1. The van der Waals surface area contributed by atoms with Crippen LogP contribution in [0.4, 0.5) is 0 Å². The van der Waals surface area contributed by atoms with Crippen molar-refractivity contribution >= 4 is 0 Å². The van der Waals surface area contributed by atoms with Gasteiger partial charge in [-0.3, -0.25) is 4.90 Å². The van der Waals surface area contributed by atoms with E-state index in [1.165, 1.54) is 32.4 Å². The Labute approximate surface area is 113 Å². The van der Waals surface area contributed by atoms with E-state index in [1.807, 2.05) is 0 Å². The van der Waals surface area contributed by atoms with E-state index in [0.29, 0.717) is 12.1 Å². The van der Waals surface area contributed by atoms with Crippen molar-refractivity contribution in [3.63, 3.8) is 0 Å². The van der Waals surface area contributed by atoms with E-state index in [0.717, 1.165) is 13.2 Å². The SMILES string of the molecule is CCNC(COC(C)C)C(C)(CC)N1CCCC1. The first-order chi connectivity index (χ1) is 8.54. The largest absolute Gasteiger partial charge is 0.377 e. The summed E-state index contributed by atoms with van der Waals surface area (Å²) in [5.41, 5.74) is 0.224. The number of likely N-dealkylation sites (tertiary alicyclic amines) is 1. The zero-order valence-corrected chi connectivity index (χ0v) is 13.0. The van der Waals surface area contributed by atoms with Gasteiger partial charge in [0.15, 0.2) is 0 Å². The van der Waals surface area contributed by atoms with Crippen LogP contribution in [-0.2, 0) is 4.74 Å². The van der Waals surface area contributed by atoms with Gasteiger partial charge in [0.05, 0.1) is 12.7 Å². The molecule has 2 atom stereocenters. The van der Waals surface area contributed by atoms with Crippen LogP contribution in [0.3, 0.4) is 0 Å². The van der Waals surface area contributed by atoms with Crippen LogP contribution in [0.15, 0.2) is 0 Å². The number of hydrogen-bond donors (Lipinski definition) is 1. The molecule has 0 bridgehead atoms. The zero-order valence-electron chi connectivity index (χ0n) is 13.0. The van der Waals surface area contributed by atoms with Gasteiger partial charge in [0.2, 0.25) is 0 Å². The van der Waals surface area contributed by atoms with Gasteiger partial charge in [0.25, 0.3) is 0 Å². The average Bonchev–Trinajstić information content (AvgIpc) is 2.87. The van der Waals surface area contributed by atoms with Crippen LogP contribution in [0.2, 0.25) is 0 Å². The van der Waals surface area contributed by atoms with Gasteiger partial charge in [0.1, 0.15) is 0 Å². The molecule has 1 fully saturated rings. The van der Waals surface area contributed by atoms with Crippen LogP contribution in [0.1, 0.15) is 53.9 Å². The van der Waals surface area contributed by atoms with E-state index in [4.69, 9.17) is 4.74 Å². The Morgan fingerprint density at radius 1 is 1.22 bits per heavy atom. The number of rotatable bonds is 8. The predicted molar refractivity (Wildman–Crippen MR) is 78.1 cm³/mol. The molecule has 0 saturated carbocycles. The number of ether oxygens (including phenoxy) is 1. The summed E-state index contributed by atoms with van der Waals surface area (Å²) in [6, 6.07) is 0.424. The van der Waals surface area contributed by atoms with Gasteiger partial charge in [-0.15, -0.1) is 0 Å². The lowest BCUT2D eigenvalue weighted by Gasteiger charge is -2.45. The minimum Gasteiger partial charge on any atom is -0.377 e. The summed E-state index contributed by atoms with van der Waals surface area (Å²) in [5, 5.41) is 3.64. The summed E-state index contributed by atoms with van der Waals surface area (Å²) < 4.78 is 5.87. The molecule has 0 aromatic heterocycles. The fourth-order valence-electron chi connectivity index (χ4n) is 2.91. The first kappa shape index (κ1) is 15.9. The van der Waals surface area contributed by atoms with Crippen molar-refractivity contribution in [3.05, 3.63) is 0 Å². The van der Waals surface area contributed by atoms with Gasteiger partial charge < -0.3 is 10.1 Å². The molecule has 0 aliphatic carbocycles. The normalized spacial score (nSPS) is 22.3. The molecular weight excluding hydrogens is 224 g/mol. The fourth-order valence-corrected chi connectivity index (χ4v) is 2.91. The van der Waals surface area contributed by atoms with Gasteiger partial charge in [0, 0.05) is 11.6 Å². The lowest BCUT2D eigenvalue weighted by molar-refractivity contribution is 0.00297. The summed E-state index contributed by atoms with van der Waals surface area (Å²) in [6.45, 7) is 15.4. The van der Waals surface area contributed by atoms with Gasteiger partial charge >= 0.3 is 0 Å². The predicted octanol–water partition coefficient (Wildman–Crippen LogP) is 2.65. The minimum absolute atomic E-state index is 0.224. The highest BCUT2D eigenvalue weighted by Crippen LogP contribution is 2.28. The molecule has 18 heavy (non-hydrogen) atoms. The molecule has 3 nitrogen and oxygen atoms in total. The lowest BCUT2D eigenvalue weighted by Crippen LogP contribution is -2.60. The average molecular weight is 256 g/mol. The van der Waals surface area contributed by atoms with Crippen molar-refractivity contribution in [3.8, 4) is 0 Å². The van der Waals surface area contributed by atoms with Crippen molar-refractivity contribution in [2.75, 3.05) is 26.2 Å². The molecule has 3 heteroatoms. The second-order valence-corrected chi connectivity index (χ2v) is 5.90. The highest BCUT2D eigenvalue weighted by molar-refractivity contribution is 4.97. The molecule has 2 unspecified atom stereocenters. The van der Waals surface area contributed by atoms with E-state index in [2.05, 4.69) is 44.8 Å². The molecular formula is C15H32N2O. The third-order valence-electron chi connectivity index (χ3n) is 4.34. The summed E-state index contributed by atoms with van der Waals surface area (Å²) in [5.74, 6) is 0.